The van der Waals surface area contributed by atoms with Crippen molar-refractivity contribution in [1.82, 2.24) is 0 Å². The zero-order valence-corrected chi connectivity index (χ0v) is 16.4. The van der Waals surface area contributed by atoms with Crippen LogP contribution in [0.4, 0.5) is 0 Å². The summed E-state index contributed by atoms with van der Waals surface area (Å²) < 4.78 is 12.2. The van der Waals surface area contributed by atoms with Gasteiger partial charge in [0.25, 0.3) is 0 Å². The smallest absolute Gasteiger partial charge is 0.243 e. The first-order valence-corrected chi connectivity index (χ1v) is 14.3. The van der Waals surface area contributed by atoms with Crippen molar-refractivity contribution < 1.29 is 13.6 Å². The van der Waals surface area contributed by atoms with Gasteiger partial charge in [0, 0.05) is 5.57 Å². The highest BCUT2D eigenvalue weighted by Gasteiger charge is 2.28. The van der Waals surface area contributed by atoms with Crippen molar-refractivity contribution in [1.29, 1.82) is 0 Å². The van der Waals surface area contributed by atoms with Crippen molar-refractivity contribution in [2.24, 2.45) is 5.73 Å². The molecule has 0 saturated heterocycles. The zero-order chi connectivity index (χ0) is 15.4. The number of amides is 1. The molecular formula is C12H27NO3Si3. The number of carbonyl (C=O) groups is 1. The van der Waals surface area contributed by atoms with Crippen LogP contribution in [0.15, 0.2) is 10.8 Å². The highest BCUT2D eigenvalue weighted by Crippen LogP contribution is 2.16. The first-order chi connectivity index (χ1) is 8.32. The van der Waals surface area contributed by atoms with E-state index in [0.29, 0.717) is 15.1 Å². The molecule has 2 radical (unpaired) electrons. The van der Waals surface area contributed by atoms with Crippen molar-refractivity contribution in [2.45, 2.75) is 59.0 Å². The lowest BCUT2D eigenvalue weighted by Gasteiger charge is -2.31. The average Bonchev–Trinajstić information content (AvgIpc) is 2.10. The van der Waals surface area contributed by atoms with Gasteiger partial charge in [-0.25, -0.2) is 0 Å². The molecule has 0 aliphatic rings. The highest BCUT2D eigenvalue weighted by atomic mass is 28.4. The Morgan fingerprint density at radius 1 is 1.00 bits per heavy atom. The standard InChI is InChI=1S/C12H27NO3Si3/c1-9(11(13)14)10(2)17-12(15-18(3,4)5)16-19(6,7)8/h12H,1-8H3,(H2,13,14)/b10-9+. The number of allylic oxidation sites excluding steroid dienone is 1. The molecule has 1 amide bonds. The second kappa shape index (κ2) is 6.98. The summed E-state index contributed by atoms with van der Waals surface area (Å²) in [4.78, 5) is 11.2. The topological polar surface area (TPSA) is 61.6 Å². The van der Waals surface area contributed by atoms with Crippen LogP contribution in [0.2, 0.25) is 39.3 Å². The third-order valence-electron chi connectivity index (χ3n) is 2.19. The molecule has 0 fully saturated rings. The van der Waals surface area contributed by atoms with Gasteiger partial charge in [-0.3, -0.25) is 4.79 Å². The van der Waals surface area contributed by atoms with Crippen molar-refractivity contribution in [3.05, 3.63) is 10.8 Å². The number of nitrogens with two attached hydrogens (primary N) is 1. The molecule has 110 valence electrons. The summed E-state index contributed by atoms with van der Waals surface area (Å²) in [5.41, 5.74) is 5.92. The molecule has 0 aromatic heterocycles. The van der Waals surface area contributed by atoms with Gasteiger partial charge < -0.3 is 14.6 Å². The number of hydrogen-bond donors (Lipinski definition) is 1. The fourth-order valence-electron chi connectivity index (χ4n) is 1.20. The Balaban J connectivity index is 4.96. The summed E-state index contributed by atoms with van der Waals surface area (Å²) >= 11 is 0. The van der Waals surface area contributed by atoms with E-state index in [0.717, 1.165) is 5.20 Å². The molecule has 0 unspecified atom stereocenters. The molecule has 0 heterocycles. The zero-order valence-electron chi connectivity index (χ0n) is 13.4. The Hall–Kier alpha value is -0.219. The fourth-order valence-corrected chi connectivity index (χ4v) is 5.96. The van der Waals surface area contributed by atoms with E-state index in [1.165, 1.54) is 0 Å². The molecule has 4 nitrogen and oxygen atoms in total. The van der Waals surface area contributed by atoms with Crippen LogP contribution in [0.1, 0.15) is 13.8 Å². The van der Waals surface area contributed by atoms with Crippen LogP contribution in [0.25, 0.3) is 0 Å². The van der Waals surface area contributed by atoms with Crippen LogP contribution >= 0.6 is 0 Å². The summed E-state index contributed by atoms with van der Waals surface area (Å²) in [6.07, 6.45) is 0. The Bertz CT molecular complexity index is 340. The van der Waals surface area contributed by atoms with Crippen LogP contribution in [-0.4, -0.2) is 38.0 Å². The SMILES string of the molecule is C/C([Si]C(O[Si](C)(C)C)O[Si](C)(C)C)=C(/C)C(N)=O. The predicted octanol–water partition coefficient (Wildman–Crippen LogP) is 2.46. The van der Waals surface area contributed by atoms with Crippen molar-refractivity contribution in [2.75, 3.05) is 0 Å². The number of primary amides is 1. The molecule has 0 aliphatic carbocycles. The molecule has 0 saturated carbocycles. The summed E-state index contributed by atoms with van der Waals surface area (Å²) in [5.74, 6) is -0.614. The molecule has 0 aliphatic heterocycles. The average molecular weight is 318 g/mol. The fraction of sp³-hybridized carbons (Fsp3) is 0.750. The molecule has 2 N–H and O–H groups in total. The van der Waals surface area contributed by atoms with Gasteiger partial charge >= 0.3 is 0 Å². The van der Waals surface area contributed by atoms with Crippen molar-refractivity contribution in [3.63, 3.8) is 0 Å². The number of carbonyl (C=O) groups excluding carboxylic acids is 1. The van der Waals surface area contributed by atoms with Gasteiger partial charge in [-0.2, -0.15) is 0 Å². The molecule has 0 atom stereocenters. The summed E-state index contributed by atoms with van der Waals surface area (Å²) in [6, 6.07) is 0. The largest absolute Gasteiger partial charge is 0.397 e. The maximum absolute atomic E-state index is 11.2. The maximum Gasteiger partial charge on any atom is 0.243 e. The lowest BCUT2D eigenvalue weighted by Crippen LogP contribution is -2.43. The molecule has 0 aromatic carbocycles. The molecule has 19 heavy (non-hydrogen) atoms. The molecule has 0 aromatic rings. The van der Waals surface area contributed by atoms with Gasteiger partial charge in [-0.1, -0.05) is 5.20 Å². The number of hydrogen-bond acceptors (Lipinski definition) is 3. The Morgan fingerprint density at radius 3 is 1.63 bits per heavy atom. The lowest BCUT2D eigenvalue weighted by atomic mass is 10.3. The second-order valence-corrected chi connectivity index (χ2v) is 17.0. The Kier molecular flexibility index (Phi) is 6.90. The van der Waals surface area contributed by atoms with Gasteiger partial charge in [-0.15, -0.1) is 0 Å². The van der Waals surface area contributed by atoms with Crippen LogP contribution in [0, 0.1) is 0 Å². The predicted molar refractivity (Wildman–Crippen MR) is 86.0 cm³/mol. The first kappa shape index (κ1) is 18.8. The Labute approximate surface area is 121 Å². The third kappa shape index (κ3) is 9.33. The van der Waals surface area contributed by atoms with E-state index in [1.807, 2.05) is 6.92 Å². The Morgan fingerprint density at radius 2 is 1.37 bits per heavy atom. The van der Waals surface area contributed by atoms with Crippen LogP contribution in [0.5, 0.6) is 0 Å². The first-order valence-electron chi connectivity index (χ1n) is 6.41. The van der Waals surface area contributed by atoms with Crippen molar-refractivity contribution >= 4 is 32.1 Å². The monoisotopic (exact) mass is 317 g/mol. The van der Waals surface area contributed by atoms with Gasteiger partial charge in [0.1, 0.15) is 15.4 Å². The van der Waals surface area contributed by atoms with Gasteiger partial charge in [-0.05, 0) is 53.1 Å². The van der Waals surface area contributed by atoms with E-state index in [9.17, 15) is 4.79 Å². The molecule has 0 bridgehead atoms. The van der Waals surface area contributed by atoms with Crippen molar-refractivity contribution in [3.8, 4) is 0 Å². The van der Waals surface area contributed by atoms with Crippen LogP contribution in [-0.2, 0) is 13.6 Å². The molecule has 0 rings (SSSR count). The minimum atomic E-state index is -1.68. The second-order valence-electron chi connectivity index (χ2n) is 6.55. The van der Waals surface area contributed by atoms with E-state index in [1.54, 1.807) is 6.92 Å². The van der Waals surface area contributed by atoms with Crippen LogP contribution in [0.3, 0.4) is 0 Å². The van der Waals surface area contributed by atoms with E-state index in [2.05, 4.69) is 39.3 Å². The highest BCUT2D eigenvalue weighted by molar-refractivity contribution is 6.72. The van der Waals surface area contributed by atoms with E-state index >= 15 is 0 Å². The third-order valence-corrected chi connectivity index (χ3v) is 5.78. The maximum atomic E-state index is 11.2. The van der Waals surface area contributed by atoms with Gasteiger partial charge in [0.05, 0.1) is 0 Å². The quantitative estimate of drug-likeness (QED) is 0.446. The summed E-state index contributed by atoms with van der Waals surface area (Å²) in [7, 11) is -3.05. The summed E-state index contributed by atoms with van der Waals surface area (Å²) in [5, 5.41) is 0.967. The molecule has 0 spiro atoms. The van der Waals surface area contributed by atoms with E-state index in [4.69, 9.17) is 14.6 Å². The normalized spacial score (nSPS) is 14.6. The molecule has 7 heteroatoms. The van der Waals surface area contributed by atoms with Gasteiger partial charge in [0.15, 0.2) is 16.6 Å². The van der Waals surface area contributed by atoms with Gasteiger partial charge in [0.2, 0.25) is 5.91 Å². The van der Waals surface area contributed by atoms with Crippen LogP contribution < -0.4 is 5.73 Å². The minimum Gasteiger partial charge on any atom is -0.397 e. The lowest BCUT2D eigenvalue weighted by molar-refractivity contribution is -0.114. The van der Waals surface area contributed by atoms with E-state index < -0.39 is 16.6 Å². The molecular weight excluding hydrogens is 290 g/mol. The number of rotatable bonds is 7. The minimum absolute atomic E-state index is 0.243. The van der Waals surface area contributed by atoms with E-state index in [-0.39, 0.29) is 11.8 Å². The summed E-state index contributed by atoms with van der Waals surface area (Å²) in [6.45, 7) is 16.5.